The first-order chi connectivity index (χ1) is 17.3. The summed E-state index contributed by atoms with van der Waals surface area (Å²) in [6.07, 6.45) is 0. The van der Waals surface area contributed by atoms with E-state index in [-0.39, 0.29) is 5.78 Å². The molecule has 0 spiro atoms. The number of Topliss-reactive ketones (excluding diaryl/α,β-unsaturated/α-hetero) is 1. The second-order valence-corrected chi connectivity index (χ2v) is 11.4. The molecule has 2 nitrogen and oxygen atoms in total. The third-order valence-corrected chi connectivity index (χ3v) is 9.88. The molecule has 5 rings (SSSR count). The van der Waals surface area contributed by atoms with Crippen LogP contribution < -0.4 is 20.7 Å². The number of para-hydroxylation sites is 1. The van der Waals surface area contributed by atoms with Gasteiger partial charge in [-0.15, -0.1) is 0 Å². The van der Waals surface area contributed by atoms with E-state index in [4.69, 9.17) is 4.74 Å². The van der Waals surface area contributed by atoms with Gasteiger partial charge in [0.05, 0.1) is 0 Å². The van der Waals surface area contributed by atoms with Crippen molar-refractivity contribution in [2.45, 2.75) is 0 Å². The molecule has 0 amide bonds. The van der Waals surface area contributed by atoms with Gasteiger partial charge in [-0.25, -0.2) is 0 Å². The highest BCUT2D eigenvalue weighted by Crippen LogP contribution is 2.43. The molecule has 0 fully saturated rings. The summed E-state index contributed by atoms with van der Waals surface area (Å²) in [5.41, 5.74) is 0.637. The highest BCUT2D eigenvalue weighted by Gasteiger charge is 2.26. The summed E-state index contributed by atoms with van der Waals surface area (Å²) >= 11 is 0. The van der Waals surface area contributed by atoms with E-state index >= 15 is 0 Å². The van der Waals surface area contributed by atoms with Gasteiger partial charge in [0.15, 0.2) is 5.78 Å². The van der Waals surface area contributed by atoms with Crippen LogP contribution in [0, 0.1) is 0 Å². The van der Waals surface area contributed by atoms with Gasteiger partial charge in [0, 0.05) is 5.56 Å². The topological polar surface area (TPSA) is 26.3 Å². The van der Waals surface area contributed by atoms with Crippen molar-refractivity contribution in [3.63, 3.8) is 0 Å². The summed E-state index contributed by atoms with van der Waals surface area (Å²) in [5.74, 6) is 3.42. The number of hydrogen-bond donors (Lipinski definition) is 0. The molecule has 0 bridgehead atoms. The monoisotopic (exact) mass is 472 g/mol. The Labute approximate surface area is 206 Å². The first kappa shape index (κ1) is 22.7. The van der Waals surface area contributed by atoms with Crippen molar-refractivity contribution in [1.82, 2.24) is 0 Å². The zero-order valence-corrected chi connectivity index (χ0v) is 20.1. The molecule has 0 atom stereocenters. The summed E-state index contributed by atoms with van der Waals surface area (Å²) in [5, 5.41) is 3.44. The largest absolute Gasteiger partial charge is 0.457 e. The minimum Gasteiger partial charge on any atom is -0.457 e. The van der Waals surface area contributed by atoms with Crippen LogP contribution in [0.4, 0.5) is 0 Å². The molecule has 5 aromatic carbocycles. The van der Waals surface area contributed by atoms with Gasteiger partial charge < -0.3 is 4.74 Å². The average Bonchev–Trinajstić information content (AvgIpc) is 2.94. The molecule has 0 aliphatic rings. The number of carbonyl (C=O) groups is 1. The standard InChI is InChI=1S/C32H25O2P/c33-32(26-21-23-28(24-22-26)34-27-13-5-1-6-14-27)25-35(29-15-7-2-8-16-29,30-17-9-3-10-18-30)31-19-11-4-12-20-31/h1-25H. The Bertz CT molecular complexity index is 1340. The molecule has 0 heterocycles. The Balaban J connectivity index is 1.62. The SMILES string of the molecule is O=C(C=P(c1ccccc1)(c1ccccc1)c1ccccc1)c1ccc(Oc2ccccc2)cc1. The molecule has 0 aliphatic heterocycles. The summed E-state index contributed by atoms with van der Waals surface area (Å²) in [6.45, 7) is -2.35. The molecule has 0 aromatic heterocycles. The maximum Gasteiger partial charge on any atom is 0.186 e. The Hall–Kier alpha value is -4.13. The van der Waals surface area contributed by atoms with E-state index in [2.05, 4.69) is 36.4 Å². The Morgan fingerprint density at radius 2 is 0.857 bits per heavy atom. The molecular formula is C32H25O2P. The molecule has 0 radical (unpaired) electrons. The summed E-state index contributed by atoms with van der Waals surface area (Å²) in [4.78, 5) is 13.8. The Morgan fingerprint density at radius 1 is 0.486 bits per heavy atom. The van der Waals surface area contributed by atoms with E-state index in [0.29, 0.717) is 11.3 Å². The highest BCUT2D eigenvalue weighted by atomic mass is 31.2. The van der Waals surface area contributed by atoms with Gasteiger partial charge in [-0.05, 0) is 65.0 Å². The Kier molecular flexibility index (Phi) is 6.75. The molecular weight excluding hydrogens is 447 g/mol. The van der Waals surface area contributed by atoms with Gasteiger partial charge in [0.1, 0.15) is 11.5 Å². The minimum absolute atomic E-state index is 0.00107. The van der Waals surface area contributed by atoms with Crippen LogP contribution in [0.15, 0.2) is 146 Å². The van der Waals surface area contributed by atoms with Crippen molar-refractivity contribution < 1.29 is 9.53 Å². The molecule has 0 aliphatic carbocycles. The molecule has 0 N–H and O–H groups in total. The normalized spacial score (nSPS) is 11.0. The van der Waals surface area contributed by atoms with E-state index in [1.807, 2.05) is 115 Å². The van der Waals surface area contributed by atoms with Crippen molar-refractivity contribution in [1.29, 1.82) is 0 Å². The van der Waals surface area contributed by atoms with E-state index in [1.54, 1.807) is 0 Å². The summed E-state index contributed by atoms with van der Waals surface area (Å²) in [6, 6.07) is 48.1. The van der Waals surface area contributed by atoms with Gasteiger partial charge in [0.2, 0.25) is 0 Å². The van der Waals surface area contributed by atoms with E-state index in [9.17, 15) is 4.79 Å². The average molecular weight is 473 g/mol. The lowest BCUT2D eigenvalue weighted by atomic mass is 10.1. The second kappa shape index (κ2) is 10.4. The summed E-state index contributed by atoms with van der Waals surface area (Å²) < 4.78 is 5.91. The highest BCUT2D eigenvalue weighted by molar-refractivity contribution is 7.95. The number of carbonyl (C=O) groups excluding carboxylic acids is 1. The van der Waals surface area contributed by atoms with Crippen LogP contribution in [0.1, 0.15) is 10.4 Å². The minimum atomic E-state index is -2.35. The molecule has 0 saturated carbocycles. The van der Waals surface area contributed by atoms with Crippen LogP contribution in [-0.4, -0.2) is 11.6 Å². The number of benzene rings is 5. The van der Waals surface area contributed by atoms with Crippen molar-refractivity contribution in [3.05, 3.63) is 151 Å². The third kappa shape index (κ3) is 4.89. The van der Waals surface area contributed by atoms with Crippen molar-refractivity contribution in [3.8, 4) is 11.5 Å². The number of rotatable bonds is 7. The van der Waals surface area contributed by atoms with Crippen LogP contribution in [0.3, 0.4) is 0 Å². The zero-order valence-electron chi connectivity index (χ0n) is 19.2. The molecule has 5 aromatic rings. The molecule has 0 saturated heterocycles. The van der Waals surface area contributed by atoms with Crippen LogP contribution in [0.25, 0.3) is 0 Å². The lowest BCUT2D eigenvalue weighted by molar-refractivity contribution is 0.107. The summed E-state index contributed by atoms with van der Waals surface area (Å²) in [7, 11) is 0. The molecule has 35 heavy (non-hydrogen) atoms. The van der Waals surface area contributed by atoms with Crippen LogP contribution in [0.2, 0.25) is 0 Å². The maximum atomic E-state index is 13.8. The number of ether oxygens (including phenoxy) is 1. The fourth-order valence-electron chi connectivity index (χ4n) is 4.22. The first-order valence-electron chi connectivity index (χ1n) is 11.5. The van der Waals surface area contributed by atoms with E-state index in [1.165, 1.54) is 0 Å². The van der Waals surface area contributed by atoms with Crippen molar-refractivity contribution in [2.24, 2.45) is 0 Å². The fourth-order valence-corrected chi connectivity index (χ4v) is 7.99. The Morgan fingerprint density at radius 3 is 1.29 bits per heavy atom. The molecule has 3 heteroatoms. The fraction of sp³-hybridized carbons (Fsp3) is 0. The van der Waals surface area contributed by atoms with E-state index < -0.39 is 6.89 Å². The predicted octanol–water partition coefficient (Wildman–Crippen LogP) is 6.46. The first-order valence-corrected chi connectivity index (χ1v) is 13.4. The zero-order chi connectivity index (χ0) is 23.9. The van der Waals surface area contributed by atoms with Gasteiger partial charge in [-0.1, -0.05) is 109 Å². The lowest BCUT2D eigenvalue weighted by Crippen LogP contribution is -2.28. The molecule has 170 valence electrons. The van der Waals surface area contributed by atoms with Crippen molar-refractivity contribution in [2.75, 3.05) is 0 Å². The third-order valence-electron chi connectivity index (χ3n) is 5.92. The van der Waals surface area contributed by atoms with Gasteiger partial charge in [0.25, 0.3) is 0 Å². The van der Waals surface area contributed by atoms with Gasteiger partial charge in [-0.2, -0.15) is 0 Å². The van der Waals surface area contributed by atoms with Crippen LogP contribution in [0.5, 0.6) is 11.5 Å². The van der Waals surface area contributed by atoms with Crippen molar-refractivity contribution >= 4 is 34.4 Å². The number of ketones is 1. The maximum absolute atomic E-state index is 13.8. The van der Waals surface area contributed by atoms with E-state index in [0.717, 1.165) is 21.7 Å². The predicted molar refractivity (Wildman–Crippen MR) is 149 cm³/mol. The van der Waals surface area contributed by atoms with Gasteiger partial charge in [-0.3, -0.25) is 4.79 Å². The smallest absolute Gasteiger partial charge is 0.186 e. The van der Waals surface area contributed by atoms with Crippen LogP contribution in [-0.2, 0) is 0 Å². The quantitative estimate of drug-likeness (QED) is 0.201. The lowest BCUT2D eigenvalue weighted by Gasteiger charge is -2.28. The molecule has 0 unspecified atom stereocenters. The number of hydrogen-bond acceptors (Lipinski definition) is 2. The second-order valence-electron chi connectivity index (χ2n) is 8.16. The van der Waals surface area contributed by atoms with Gasteiger partial charge >= 0.3 is 0 Å². The van der Waals surface area contributed by atoms with Crippen LogP contribution >= 0.6 is 6.89 Å².